The molecule has 0 amide bonds. The SMILES string of the molecule is CCC(CC#N)O[C@H](C(=O)O)C(CC)CN=O. The van der Waals surface area contributed by atoms with Crippen molar-refractivity contribution in [1.29, 1.82) is 5.26 Å². The summed E-state index contributed by atoms with van der Waals surface area (Å²) in [4.78, 5) is 21.3. The Morgan fingerprint density at radius 3 is 2.47 bits per heavy atom. The van der Waals surface area contributed by atoms with E-state index in [0.717, 1.165) is 0 Å². The molecule has 1 N–H and O–H groups in total. The highest BCUT2D eigenvalue weighted by atomic mass is 16.5. The lowest BCUT2D eigenvalue weighted by Gasteiger charge is -2.24. The molecule has 0 aliphatic rings. The fourth-order valence-corrected chi connectivity index (χ4v) is 1.50. The fourth-order valence-electron chi connectivity index (χ4n) is 1.50. The highest BCUT2D eigenvalue weighted by Crippen LogP contribution is 2.18. The van der Waals surface area contributed by atoms with Gasteiger partial charge in [0.15, 0.2) is 6.10 Å². The smallest absolute Gasteiger partial charge is 0.333 e. The van der Waals surface area contributed by atoms with Gasteiger partial charge in [0.05, 0.1) is 25.1 Å². The number of nitrogens with zero attached hydrogens (tertiary/aromatic N) is 2. The Labute approximate surface area is 101 Å². The molecule has 0 fully saturated rings. The molecular weight excluding hydrogens is 224 g/mol. The van der Waals surface area contributed by atoms with Crippen LogP contribution in [0, 0.1) is 22.2 Å². The monoisotopic (exact) mass is 242 g/mol. The number of rotatable bonds is 9. The third-order valence-corrected chi connectivity index (χ3v) is 2.62. The number of carboxylic acids is 1. The van der Waals surface area contributed by atoms with Gasteiger partial charge in [-0.15, -0.1) is 0 Å². The summed E-state index contributed by atoms with van der Waals surface area (Å²) in [6.45, 7) is 3.51. The molecule has 0 aromatic rings. The van der Waals surface area contributed by atoms with Crippen LogP contribution in [0.1, 0.15) is 33.1 Å². The van der Waals surface area contributed by atoms with Gasteiger partial charge in [-0.3, -0.25) is 0 Å². The van der Waals surface area contributed by atoms with Crippen LogP contribution in [0.15, 0.2) is 5.18 Å². The predicted octanol–water partition coefficient (Wildman–Crippen LogP) is 1.94. The van der Waals surface area contributed by atoms with E-state index in [1.54, 1.807) is 6.92 Å². The van der Waals surface area contributed by atoms with Crippen molar-refractivity contribution in [2.24, 2.45) is 11.1 Å². The molecule has 0 rings (SSSR count). The lowest BCUT2D eigenvalue weighted by atomic mass is 9.99. The van der Waals surface area contributed by atoms with Gasteiger partial charge in [-0.1, -0.05) is 19.0 Å². The highest BCUT2D eigenvalue weighted by Gasteiger charge is 2.30. The summed E-state index contributed by atoms with van der Waals surface area (Å²) in [7, 11) is 0. The first-order valence-electron chi connectivity index (χ1n) is 5.64. The van der Waals surface area contributed by atoms with Gasteiger partial charge < -0.3 is 9.84 Å². The minimum absolute atomic E-state index is 0.0869. The van der Waals surface area contributed by atoms with E-state index >= 15 is 0 Å². The summed E-state index contributed by atoms with van der Waals surface area (Å²) >= 11 is 0. The third kappa shape index (κ3) is 5.41. The average Bonchev–Trinajstić information content (AvgIpc) is 2.31. The standard InChI is InChI=1S/C11H18N2O4/c1-3-8(7-13-16)10(11(14)15)17-9(4-2)5-6-12/h8-10H,3-5,7H2,1-2H3,(H,14,15)/t8?,9?,10-/m0/s1. The van der Waals surface area contributed by atoms with Crippen molar-refractivity contribution >= 4 is 5.97 Å². The van der Waals surface area contributed by atoms with E-state index in [0.29, 0.717) is 12.8 Å². The first kappa shape index (κ1) is 15.5. The van der Waals surface area contributed by atoms with E-state index in [1.807, 2.05) is 13.0 Å². The van der Waals surface area contributed by atoms with Crippen LogP contribution in [0.25, 0.3) is 0 Å². The van der Waals surface area contributed by atoms with Crippen LogP contribution < -0.4 is 0 Å². The Morgan fingerprint density at radius 2 is 2.12 bits per heavy atom. The Kier molecular flexibility index (Phi) is 7.89. The largest absolute Gasteiger partial charge is 0.479 e. The molecule has 0 aromatic heterocycles. The van der Waals surface area contributed by atoms with Crippen molar-refractivity contribution in [1.82, 2.24) is 0 Å². The van der Waals surface area contributed by atoms with Crippen LogP contribution in [0.3, 0.4) is 0 Å². The molecule has 6 nitrogen and oxygen atoms in total. The van der Waals surface area contributed by atoms with Crippen molar-refractivity contribution in [3.05, 3.63) is 4.91 Å². The fraction of sp³-hybridized carbons (Fsp3) is 0.818. The van der Waals surface area contributed by atoms with E-state index in [4.69, 9.17) is 15.1 Å². The van der Waals surface area contributed by atoms with E-state index < -0.39 is 24.1 Å². The second-order valence-electron chi connectivity index (χ2n) is 3.77. The van der Waals surface area contributed by atoms with Gasteiger partial charge in [0.25, 0.3) is 0 Å². The number of carbonyl (C=O) groups is 1. The van der Waals surface area contributed by atoms with Crippen LogP contribution in [-0.2, 0) is 9.53 Å². The van der Waals surface area contributed by atoms with Gasteiger partial charge in [-0.2, -0.15) is 10.2 Å². The van der Waals surface area contributed by atoms with Gasteiger partial charge in [0, 0.05) is 5.92 Å². The van der Waals surface area contributed by atoms with E-state index in [9.17, 15) is 9.70 Å². The minimum atomic E-state index is -1.11. The van der Waals surface area contributed by atoms with Crippen LogP contribution in [0.5, 0.6) is 0 Å². The number of ether oxygens (including phenoxy) is 1. The van der Waals surface area contributed by atoms with Crippen molar-refractivity contribution < 1.29 is 14.6 Å². The van der Waals surface area contributed by atoms with E-state index in [1.165, 1.54) is 0 Å². The van der Waals surface area contributed by atoms with Gasteiger partial charge in [0.2, 0.25) is 0 Å². The quantitative estimate of drug-likeness (QED) is 0.623. The highest BCUT2D eigenvalue weighted by molar-refractivity contribution is 5.72. The van der Waals surface area contributed by atoms with Crippen LogP contribution in [0.2, 0.25) is 0 Å². The number of nitriles is 1. The summed E-state index contributed by atoms with van der Waals surface area (Å²) < 4.78 is 5.39. The molecule has 2 unspecified atom stereocenters. The molecule has 0 aromatic carbocycles. The zero-order valence-electron chi connectivity index (χ0n) is 10.1. The summed E-state index contributed by atoms with van der Waals surface area (Å²) in [6.07, 6.45) is -0.294. The molecule has 6 heteroatoms. The molecule has 0 aliphatic carbocycles. The lowest BCUT2D eigenvalue weighted by Crippen LogP contribution is -2.37. The summed E-state index contributed by atoms with van der Waals surface area (Å²) in [5.41, 5.74) is 0. The maximum Gasteiger partial charge on any atom is 0.333 e. The summed E-state index contributed by atoms with van der Waals surface area (Å²) in [5, 5.41) is 20.4. The molecule has 0 aliphatic heterocycles. The zero-order valence-corrected chi connectivity index (χ0v) is 10.1. The molecule has 0 spiro atoms. The molecule has 17 heavy (non-hydrogen) atoms. The number of nitroso groups, excluding NO2 is 1. The molecule has 0 radical (unpaired) electrons. The van der Waals surface area contributed by atoms with Crippen LogP contribution >= 0.6 is 0 Å². The van der Waals surface area contributed by atoms with Gasteiger partial charge >= 0.3 is 5.97 Å². The third-order valence-electron chi connectivity index (χ3n) is 2.62. The van der Waals surface area contributed by atoms with E-state index in [-0.39, 0.29) is 13.0 Å². The predicted molar refractivity (Wildman–Crippen MR) is 61.3 cm³/mol. The second kappa shape index (κ2) is 8.65. The maximum absolute atomic E-state index is 11.1. The van der Waals surface area contributed by atoms with Crippen molar-refractivity contribution in [3.8, 4) is 6.07 Å². The Bertz CT molecular complexity index is 288. The molecule has 0 heterocycles. The second-order valence-corrected chi connectivity index (χ2v) is 3.77. The van der Waals surface area contributed by atoms with Crippen molar-refractivity contribution in [2.75, 3.05) is 6.54 Å². The average molecular weight is 242 g/mol. The molecule has 3 atom stereocenters. The number of hydrogen-bond acceptors (Lipinski definition) is 5. The maximum atomic E-state index is 11.1. The molecule has 0 bridgehead atoms. The number of hydrogen-bond donors (Lipinski definition) is 1. The van der Waals surface area contributed by atoms with Crippen LogP contribution in [0.4, 0.5) is 0 Å². The Morgan fingerprint density at radius 1 is 1.47 bits per heavy atom. The first-order chi connectivity index (χ1) is 8.10. The molecular formula is C11H18N2O4. The molecule has 0 saturated carbocycles. The molecule has 96 valence electrons. The number of carboxylic acid groups (broad SMARTS) is 1. The zero-order chi connectivity index (χ0) is 13.3. The summed E-state index contributed by atoms with van der Waals surface area (Å²) in [6, 6.07) is 1.95. The minimum Gasteiger partial charge on any atom is -0.479 e. The van der Waals surface area contributed by atoms with Gasteiger partial charge in [-0.05, 0) is 12.8 Å². The lowest BCUT2D eigenvalue weighted by molar-refractivity contribution is -0.159. The van der Waals surface area contributed by atoms with Crippen molar-refractivity contribution in [2.45, 2.75) is 45.3 Å². The summed E-state index contributed by atoms with van der Waals surface area (Å²) in [5.74, 6) is -1.56. The normalized spacial score (nSPS) is 15.6. The first-order valence-corrected chi connectivity index (χ1v) is 5.64. The Balaban J connectivity index is 4.66. The van der Waals surface area contributed by atoms with E-state index in [2.05, 4.69) is 5.18 Å². The van der Waals surface area contributed by atoms with Crippen LogP contribution in [-0.4, -0.2) is 29.8 Å². The topological polar surface area (TPSA) is 99.8 Å². The van der Waals surface area contributed by atoms with Crippen molar-refractivity contribution in [3.63, 3.8) is 0 Å². The van der Waals surface area contributed by atoms with Gasteiger partial charge in [0.1, 0.15) is 0 Å². The molecule has 0 saturated heterocycles. The Hall–Kier alpha value is -1.48. The van der Waals surface area contributed by atoms with Gasteiger partial charge in [-0.25, -0.2) is 4.79 Å². The number of aliphatic carboxylic acids is 1.